The van der Waals surface area contributed by atoms with Crippen LogP contribution >= 0.6 is 11.6 Å². The Morgan fingerprint density at radius 1 is 1.17 bits per heavy atom. The number of aromatic nitrogens is 2. The van der Waals surface area contributed by atoms with E-state index in [1.807, 2.05) is 24.0 Å². The third-order valence-corrected chi connectivity index (χ3v) is 4.60. The zero-order chi connectivity index (χ0) is 20.6. The van der Waals surface area contributed by atoms with Crippen molar-refractivity contribution in [2.24, 2.45) is 0 Å². The van der Waals surface area contributed by atoms with E-state index in [1.165, 1.54) is 6.07 Å². The van der Waals surface area contributed by atoms with E-state index < -0.39 is 0 Å². The van der Waals surface area contributed by atoms with Crippen molar-refractivity contribution in [3.63, 3.8) is 0 Å². The molecule has 0 radical (unpaired) electrons. The topological polar surface area (TPSA) is 71.3 Å². The number of hydrogen-bond acceptors (Lipinski definition) is 5. The van der Waals surface area contributed by atoms with Crippen molar-refractivity contribution in [3.8, 4) is 11.5 Å². The molecule has 0 saturated carbocycles. The van der Waals surface area contributed by atoms with Crippen LogP contribution in [0.2, 0.25) is 5.02 Å². The average molecular weight is 417 g/mol. The molecule has 0 bridgehead atoms. The molecule has 0 aliphatic carbocycles. The van der Waals surface area contributed by atoms with Gasteiger partial charge in [0.05, 0.1) is 23.7 Å². The third-order valence-electron chi connectivity index (χ3n) is 4.27. The minimum Gasteiger partial charge on any atom is -0.419 e. The van der Waals surface area contributed by atoms with E-state index in [2.05, 4.69) is 15.5 Å². The summed E-state index contributed by atoms with van der Waals surface area (Å²) in [5, 5.41) is 11.4. The summed E-state index contributed by atoms with van der Waals surface area (Å²) in [7, 11) is 0. The molecule has 1 aromatic heterocycles. The van der Waals surface area contributed by atoms with Crippen molar-refractivity contribution in [3.05, 3.63) is 70.8 Å². The zero-order valence-corrected chi connectivity index (χ0v) is 16.8. The molecule has 0 spiro atoms. The van der Waals surface area contributed by atoms with Crippen LogP contribution in [0.1, 0.15) is 24.8 Å². The monoisotopic (exact) mass is 416 g/mol. The Balaban J connectivity index is 1.59. The van der Waals surface area contributed by atoms with Crippen molar-refractivity contribution in [1.82, 2.24) is 20.4 Å². The summed E-state index contributed by atoms with van der Waals surface area (Å²) in [6.07, 6.45) is 0.853. The maximum absolute atomic E-state index is 13.7. The molecule has 0 atom stereocenters. The largest absolute Gasteiger partial charge is 0.419 e. The van der Waals surface area contributed by atoms with E-state index in [0.717, 1.165) is 6.42 Å². The van der Waals surface area contributed by atoms with Gasteiger partial charge in [0, 0.05) is 12.1 Å². The summed E-state index contributed by atoms with van der Waals surface area (Å²) in [5.74, 6) is 0.199. The second-order valence-corrected chi connectivity index (χ2v) is 6.97. The highest BCUT2D eigenvalue weighted by molar-refractivity contribution is 6.33. The Hall–Kier alpha value is -2.77. The molecule has 0 aliphatic heterocycles. The maximum atomic E-state index is 13.7. The zero-order valence-electron chi connectivity index (χ0n) is 16.1. The third kappa shape index (κ3) is 5.85. The molecule has 8 heteroatoms. The van der Waals surface area contributed by atoms with Crippen LogP contribution in [-0.4, -0.2) is 34.1 Å². The van der Waals surface area contributed by atoms with Crippen molar-refractivity contribution >= 4 is 17.5 Å². The van der Waals surface area contributed by atoms with E-state index in [4.69, 9.17) is 16.0 Å². The van der Waals surface area contributed by atoms with Crippen LogP contribution in [0, 0.1) is 5.82 Å². The highest BCUT2D eigenvalue weighted by Gasteiger charge is 2.16. The van der Waals surface area contributed by atoms with Gasteiger partial charge in [-0.2, -0.15) is 0 Å². The van der Waals surface area contributed by atoms with Gasteiger partial charge in [-0.25, -0.2) is 4.39 Å². The first-order chi connectivity index (χ1) is 14.1. The lowest BCUT2D eigenvalue weighted by atomic mass is 10.2. The molecule has 3 rings (SSSR count). The summed E-state index contributed by atoms with van der Waals surface area (Å²) in [6.45, 7) is 3.32. The first-order valence-corrected chi connectivity index (χ1v) is 9.74. The lowest BCUT2D eigenvalue weighted by Gasteiger charge is -2.19. The number of nitrogens with one attached hydrogen (secondary N) is 1. The standard InChI is InChI=1S/C21H22ClFN4O2/c1-2-11-27(13-19(28)24-12-15-7-3-6-10-18(15)23)14-20-25-26-21(29-20)16-8-4-5-9-17(16)22/h3-10H,2,11-14H2,1H3,(H,24,28). The first kappa shape index (κ1) is 21.0. The fraction of sp³-hybridized carbons (Fsp3) is 0.286. The molecule has 1 amide bonds. The van der Waals surface area contributed by atoms with Gasteiger partial charge in [0.15, 0.2) is 0 Å². The van der Waals surface area contributed by atoms with Gasteiger partial charge in [-0.1, -0.05) is 48.9 Å². The quantitative estimate of drug-likeness (QED) is 0.569. The summed E-state index contributed by atoms with van der Waals surface area (Å²) in [6, 6.07) is 13.6. The van der Waals surface area contributed by atoms with Crippen molar-refractivity contribution in [2.45, 2.75) is 26.4 Å². The predicted molar refractivity (Wildman–Crippen MR) is 109 cm³/mol. The van der Waals surface area contributed by atoms with E-state index in [9.17, 15) is 9.18 Å². The van der Waals surface area contributed by atoms with Gasteiger partial charge >= 0.3 is 0 Å². The van der Waals surface area contributed by atoms with Gasteiger partial charge in [-0.05, 0) is 31.2 Å². The van der Waals surface area contributed by atoms with Crippen LogP contribution < -0.4 is 5.32 Å². The molecule has 152 valence electrons. The Kier molecular flexibility index (Phi) is 7.32. The smallest absolute Gasteiger partial charge is 0.249 e. The molecule has 0 fully saturated rings. The van der Waals surface area contributed by atoms with E-state index >= 15 is 0 Å². The molecule has 1 N–H and O–H groups in total. The number of rotatable bonds is 9. The van der Waals surface area contributed by atoms with Crippen LogP contribution in [0.5, 0.6) is 0 Å². The number of nitrogens with zero attached hydrogens (tertiary/aromatic N) is 3. The van der Waals surface area contributed by atoms with Crippen molar-refractivity contribution in [2.75, 3.05) is 13.1 Å². The average Bonchev–Trinajstić information content (AvgIpc) is 3.16. The Morgan fingerprint density at radius 3 is 2.69 bits per heavy atom. The fourth-order valence-corrected chi connectivity index (χ4v) is 3.09. The maximum Gasteiger partial charge on any atom is 0.249 e. The highest BCUT2D eigenvalue weighted by Crippen LogP contribution is 2.26. The number of carbonyl (C=O) groups is 1. The van der Waals surface area contributed by atoms with Crippen LogP contribution in [0.15, 0.2) is 52.9 Å². The molecule has 3 aromatic rings. The summed E-state index contributed by atoms with van der Waals surface area (Å²) < 4.78 is 19.4. The molecule has 29 heavy (non-hydrogen) atoms. The molecule has 0 aliphatic rings. The van der Waals surface area contributed by atoms with Gasteiger partial charge in [-0.15, -0.1) is 10.2 Å². The number of carbonyl (C=O) groups excluding carboxylic acids is 1. The van der Waals surface area contributed by atoms with Gasteiger partial charge in [0.2, 0.25) is 17.7 Å². The number of amides is 1. The normalized spacial score (nSPS) is 11.0. The van der Waals surface area contributed by atoms with E-state index in [-0.39, 0.29) is 24.8 Å². The molecular formula is C21H22ClFN4O2. The van der Waals surface area contributed by atoms with E-state index in [0.29, 0.717) is 41.0 Å². The first-order valence-electron chi connectivity index (χ1n) is 9.36. The highest BCUT2D eigenvalue weighted by atomic mass is 35.5. The molecule has 0 saturated heterocycles. The van der Waals surface area contributed by atoms with E-state index in [1.54, 1.807) is 30.3 Å². The molecule has 6 nitrogen and oxygen atoms in total. The Morgan fingerprint density at radius 2 is 1.93 bits per heavy atom. The Bertz CT molecular complexity index is 963. The van der Waals surface area contributed by atoms with Crippen LogP contribution in [0.4, 0.5) is 4.39 Å². The van der Waals surface area contributed by atoms with Gasteiger partial charge in [0.1, 0.15) is 5.82 Å². The lowest BCUT2D eigenvalue weighted by molar-refractivity contribution is -0.122. The van der Waals surface area contributed by atoms with Gasteiger partial charge < -0.3 is 9.73 Å². The predicted octanol–water partition coefficient (Wildman–Crippen LogP) is 4.06. The Labute approximate surface area is 173 Å². The van der Waals surface area contributed by atoms with Crippen molar-refractivity contribution < 1.29 is 13.6 Å². The minimum absolute atomic E-state index is 0.142. The number of benzene rings is 2. The molecular weight excluding hydrogens is 395 g/mol. The van der Waals surface area contributed by atoms with Gasteiger partial charge in [-0.3, -0.25) is 9.69 Å². The second kappa shape index (κ2) is 10.1. The molecule has 2 aromatic carbocycles. The fourth-order valence-electron chi connectivity index (χ4n) is 2.88. The molecule has 0 unspecified atom stereocenters. The SMILES string of the molecule is CCCN(CC(=O)NCc1ccccc1F)Cc1nnc(-c2ccccc2Cl)o1. The van der Waals surface area contributed by atoms with Crippen LogP contribution in [-0.2, 0) is 17.9 Å². The van der Waals surface area contributed by atoms with Crippen LogP contribution in [0.25, 0.3) is 11.5 Å². The molecule has 1 heterocycles. The summed E-state index contributed by atoms with van der Waals surface area (Å²) in [5.41, 5.74) is 1.11. The summed E-state index contributed by atoms with van der Waals surface area (Å²) in [4.78, 5) is 14.2. The number of halogens is 2. The van der Waals surface area contributed by atoms with Crippen molar-refractivity contribution in [1.29, 1.82) is 0 Å². The number of hydrogen-bond donors (Lipinski definition) is 1. The van der Waals surface area contributed by atoms with Crippen LogP contribution in [0.3, 0.4) is 0 Å². The lowest BCUT2D eigenvalue weighted by Crippen LogP contribution is -2.37. The van der Waals surface area contributed by atoms with Gasteiger partial charge in [0.25, 0.3) is 0 Å². The second-order valence-electron chi connectivity index (χ2n) is 6.56. The summed E-state index contributed by atoms with van der Waals surface area (Å²) >= 11 is 6.17. The minimum atomic E-state index is -0.337.